The van der Waals surface area contributed by atoms with Crippen LogP contribution in [0.3, 0.4) is 0 Å². The fourth-order valence-electron chi connectivity index (χ4n) is 3.09. The number of nitrogens with two attached hydrogens (primary N) is 1. The Morgan fingerprint density at radius 1 is 1.26 bits per heavy atom. The predicted octanol–water partition coefficient (Wildman–Crippen LogP) is 4.43. The summed E-state index contributed by atoms with van der Waals surface area (Å²) in [5, 5.41) is 0. The van der Waals surface area contributed by atoms with E-state index in [9.17, 15) is 0 Å². The SMILES string of the molecule is CCCCCCC(N)c1ncc(C2CCCCC2)[nH]1. The molecule has 1 aliphatic carbocycles. The maximum absolute atomic E-state index is 6.23. The highest BCUT2D eigenvalue weighted by molar-refractivity contribution is 5.10. The van der Waals surface area contributed by atoms with E-state index in [0.717, 1.165) is 12.2 Å². The first-order chi connectivity index (χ1) is 9.31. The van der Waals surface area contributed by atoms with Crippen molar-refractivity contribution in [2.45, 2.75) is 83.1 Å². The first-order valence-corrected chi connectivity index (χ1v) is 8.11. The van der Waals surface area contributed by atoms with Crippen LogP contribution in [0.4, 0.5) is 0 Å². The second-order valence-corrected chi connectivity index (χ2v) is 6.01. The molecule has 2 rings (SSSR count). The summed E-state index contributed by atoms with van der Waals surface area (Å²) in [5.41, 5.74) is 7.54. The Morgan fingerprint density at radius 2 is 2.05 bits per heavy atom. The lowest BCUT2D eigenvalue weighted by Crippen LogP contribution is -2.12. The van der Waals surface area contributed by atoms with Gasteiger partial charge in [0.15, 0.2) is 0 Å². The summed E-state index contributed by atoms with van der Waals surface area (Å²) >= 11 is 0. The van der Waals surface area contributed by atoms with Crippen LogP contribution in [-0.4, -0.2) is 9.97 Å². The fourth-order valence-corrected chi connectivity index (χ4v) is 3.09. The predicted molar refractivity (Wildman–Crippen MR) is 80.1 cm³/mol. The highest BCUT2D eigenvalue weighted by Crippen LogP contribution is 2.32. The number of rotatable bonds is 7. The van der Waals surface area contributed by atoms with Gasteiger partial charge in [-0.1, -0.05) is 51.9 Å². The summed E-state index contributed by atoms with van der Waals surface area (Å²) in [6.07, 6.45) is 14.9. The van der Waals surface area contributed by atoms with Crippen LogP contribution in [0.25, 0.3) is 0 Å². The van der Waals surface area contributed by atoms with Gasteiger partial charge in [-0.2, -0.15) is 0 Å². The first kappa shape index (κ1) is 14.6. The molecule has 1 fully saturated rings. The van der Waals surface area contributed by atoms with Crippen LogP contribution < -0.4 is 5.73 Å². The molecule has 0 aromatic carbocycles. The molecule has 3 N–H and O–H groups in total. The lowest BCUT2D eigenvalue weighted by atomic mass is 9.87. The normalized spacial score (nSPS) is 18.6. The topological polar surface area (TPSA) is 54.7 Å². The van der Waals surface area contributed by atoms with Gasteiger partial charge in [0.2, 0.25) is 0 Å². The third kappa shape index (κ3) is 4.34. The molecule has 1 saturated carbocycles. The summed E-state index contributed by atoms with van der Waals surface area (Å²) in [5.74, 6) is 1.69. The molecular formula is C16H29N3. The molecule has 1 aromatic heterocycles. The highest BCUT2D eigenvalue weighted by Gasteiger charge is 2.18. The van der Waals surface area contributed by atoms with Crippen molar-refractivity contribution in [3.63, 3.8) is 0 Å². The van der Waals surface area contributed by atoms with Gasteiger partial charge in [0.25, 0.3) is 0 Å². The van der Waals surface area contributed by atoms with Gasteiger partial charge in [0.05, 0.1) is 6.04 Å². The number of H-pyrrole nitrogens is 1. The van der Waals surface area contributed by atoms with E-state index in [-0.39, 0.29) is 6.04 Å². The Kier molecular flexibility index (Phi) is 5.90. The van der Waals surface area contributed by atoms with Gasteiger partial charge < -0.3 is 10.7 Å². The molecule has 3 heteroatoms. The Balaban J connectivity index is 1.81. The number of imidazole rings is 1. The minimum Gasteiger partial charge on any atom is -0.344 e. The Morgan fingerprint density at radius 3 is 2.79 bits per heavy atom. The van der Waals surface area contributed by atoms with Crippen LogP contribution >= 0.6 is 0 Å². The van der Waals surface area contributed by atoms with Crippen LogP contribution in [-0.2, 0) is 0 Å². The number of nitrogens with one attached hydrogen (secondary N) is 1. The number of hydrogen-bond donors (Lipinski definition) is 2. The van der Waals surface area contributed by atoms with E-state index in [0.29, 0.717) is 5.92 Å². The van der Waals surface area contributed by atoms with Crippen molar-refractivity contribution in [1.29, 1.82) is 0 Å². The Bertz CT molecular complexity index is 353. The first-order valence-electron chi connectivity index (χ1n) is 8.11. The minimum atomic E-state index is 0.0918. The van der Waals surface area contributed by atoms with E-state index in [4.69, 9.17) is 5.73 Å². The van der Waals surface area contributed by atoms with E-state index >= 15 is 0 Å². The molecule has 0 spiro atoms. The Labute approximate surface area is 117 Å². The standard InChI is InChI=1S/C16H29N3/c1-2-3-4-8-11-14(17)16-18-12-15(19-16)13-9-6-5-7-10-13/h12-14H,2-11,17H2,1H3,(H,18,19). The number of aromatic nitrogens is 2. The third-order valence-corrected chi connectivity index (χ3v) is 4.38. The zero-order valence-corrected chi connectivity index (χ0v) is 12.3. The fraction of sp³-hybridized carbons (Fsp3) is 0.812. The van der Waals surface area contributed by atoms with Crippen molar-refractivity contribution in [3.05, 3.63) is 17.7 Å². The average molecular weight is 263 g/mol. The molecule has 19 heavy (non-hydrogen) atoms. The Hall–Kier alpha value is -0.830. The quantitative estimate of drug-likeness (QED) is 0.715. The number of hydrogen-bond acceptors (Lipinski definition) is 2. The zero-order valence-electron chi connectivity index (χ0n) is 12.3. The molecule has 1 heterocycles. The highest BCUT2D eigenvalue weighted by atomic mass is 15.0. The van der Waals surface area contributed by atoms with Crippen LogP contribution in [0.15, 0.2) is 6.20 Å². The largest absolute Gasteiger partial charge is 0.344 e. The van der Waals surface area contributed by atoms with Gasteiger partial charge in [-0.3, -0.25) is 0 Å². The van der Waals surface area contributed by atoms with Gasteiger partial charge in [-0.05, 0) is 19.3 Å². The second-order valence-electron chi connectivity index (χ2n) is 6.01. The third-order valence-electron chi connectivity index (χ3n) is 4.38. The summed E-state index contributed by atoms with van der Waals surface area (Å²) in [6, 6.07) is 0.0918. The van der Waals surface area contributed by atoms with Crippen molar-refractivity contribution in [2.24, 2.45) is 5.73 Å². The van der Waals surface area contributed by atoms with Crippen molar-refractivity contribution < 1.29 is 0 Å². The van der Waals surface area contributed by atoms with E-state index < -0.39 is 0 Å². The zero-order chi connectivity index (χ0) is 13.5. The van der Waals surface area contributed by atoms with E-state index in [1.54, 1.807) is 0 Å². The van der Waals surface area contributed by atoms with Crippen molar-refractivity contribution in [2.75, 3.05) is 0 Å². The van der Waals surface area contributed by atoms with Gasteiger partial charge in [-0.15, -0.1) is 0 Å². The van der Waals surface area contributed by atoms with Gasteiger partial charge >= 0.3 is 0 Å². The molecule has 0 amide bonds. The summed E-state index contributed by atoms with van der Waals surface area (Å²) in [4.78, 5) is 8.00. The van der Waals surface area contributed by atoms with E-state index in [1.165, 1.54) is 63.5 Å². The lowest BCUT2D eigenvalue weighted by molar-refractivity contribution is 0.436. The molecule has 0 radical (unpaired) electrons. The van der Waals surface area contributed by atoms with Crippen molar-refractivity contribution in [1.82, 2.24) is 9.97 Å². The van der Waals surface area contributed by atoms with Gasteiger partial charge in [-0.25, -0.2) is 4.98 Å². The summed E-state index contributed by atoms with van der Waals surface area (Å²) < 4.78 is 0. The van der Waals surface area contributed by atoms with Crippen LogP contribution in [0.5, 0.6) is 0 Å². The van der Waals surface area contributed by atoms with E-state index in [1.807, 2.05) is 6.20 Å². The lowest BCUT2D eigenvalue weighted by Gasteiger charge is -2.20. The van der Waals surface area contributed by atoms with Crippen LogP contribution in [0.1, 0.15) is 94.6 Å². The van der Waals surface area contributed by atoms with Gasteiger partial charge in [0, 0.05) is 17.8 Å². The average Bonchev–Trinajstić information content (AvgIpc) is 2.94. The van der Waals surface area contributed by atoms with Crippen molar-refractivity contribution in [3.8, 4) is 0 Å². The monoisotopic (exact) mass is 263 g/mol. The molecule has 1 atom stereocenters. The molecule has 1 aromatic rings. The molecular weight excluding hydrogens is 234 g/mol. The molecule has 108 valence electrons. The van der Waals surface area contributed by atoms with E-state index in [2.05, 4.69) is 16.9 Å². The molecule has 1 aliphatic rings. The molecule has 3 nitrogen and oxygen atoms in total. The number of unbranched alkanes of at least 4 members (excludes halogenated alkanes) is 3. The second kappa shape index (κ2) is 7.68. The molecule has 0 aliphatic heterocycles. The van der Waals surface area contributed by atoms with Crippen molar-refractivity contribution >= 4 is 0 Å². The minimum absolute atomic E-state index is 0.0918. The number of nitrogens with zero attached hydrogens (tertiary/aromatic N) is 1. The summed E-state index contributed by atoms with van der Waals surface area (Å²) in [7, 11) is 0. The molecule has 0 bridgehead atoms. The summed E-state index contributed by atoms with van der Waals surface area (Å²) in [6.45, 7) is 2.24. The van der Waals surface area contributed by atoms with Crippen LogP contribution in [0.2, 0.25) is 0 Å². The van der Waals surface area contributed by atoms with Crippen LogP contribution in [0, 0.1) is 0 Å². The molecule has 1 unspecified atom stereocenters. The molecule has 0 saturated heterocycles. The smallest absolute Gasteiger partial charge is 0.123 e. The maximum atomic E-state index is 6.23. The number of aromatic amines is 1. The maximum Gasteiger partial charge on any atom is 0.123 e. The van der Waals surface area contributed by atoms with Gasteiger partial charge in [0.1, 0.15) is 5.82 Å².